The molecule has 0 aliphatic rings. The zero-order valence-corrected chi connectivity index (χ0v) is 11.8. The van der Waals surface area contributed by atoms with E-state index in [0.717, 1.165) is 24.3 Å². The van der Waals surface area contributed by atoms with E-state index >= 15 is 0 Å². The van der Waals surface area contributed by atoms with Crippen molar-refractivity contribution in [1.82, 2.24) is 10.2 Å². The summed E-state index contributed by atoms with van der Waals surface area (Å²) in [6.07, 6.45) is 0. The fourth-order valence-corrected chi connectivity index (χ4v) is 2.80. The number of benzene rings is 1. The van der Waals surface area contributed by atoms with Gasteiger partial charge in [0.15, 0.2) is 10.9 Å². The van der Waals surface area contributed by atoms with Gasteiger partial charge in [-0.3, -0.25) is 4.72 Å². The van der Waals surface area contributed by atoms with Gasteiger partial charge in [0.25, 0.3) is 10.0 Å². The predicted molar refractivity (Wildman–Crippen MR) is 70.9 cm³/mol. The number of halogens is 3. The highest BCUT2D eigenvalue weighted by atomic mass is 35.5. The van der Waals surface area contributed by atoms with Crippen LogP contribution >= 0.6 is 23.2 Å². The smallest absolute Gasteiger partial charge is 0.263 e. The topological polar surface area (TPSA) is 92.2 Å². The number of rotatable bonds is 3. The van der Waals surface area contributed by atoms with Crippen molar-refractivity contribution in [1.29, 1.82) is 0 Å². The Labute approximate surface area is 123 Å². The molecule has 0 spiro atoms. The minimum Gasteiger partial charge on any atom is -0.504 e. The molecule has 0 radical (unpaired) electrons. The molecule has 2 N–H and O–H groups in total. The molecule has 0 atom stereocenters. The third-order valence-electron chi connectivity index (χ3n) is 2.12. The summed E-state index contributed by atoms with van der Waals surface area (Å²) in [7, 11) is -4.17. The molecule has 0 bridgehead atoms. The molecule has 0 amide bonds. The second kappa shape index (κ2) is 5.39. The van der Waals surface area contributed by atoms with Gasteiger partial charge in [0.2, 0.25) is 5.82 Å². The van der Waals surface area contributed by atoms with Crippen molar-refractivity contribution in [3.05, 3.63) is 40.3 Å². The Kier molecular flexibility index (Phi) is 3.98. The van der Waals surface area contributed by atoms with Gasteiger partial charge in [-0.15, -0.1) is 10.2 Å². The minimum atomic E-state index is -4.17. The van der Waals surface area contributed by atoms with E-state index in [1.54, 1.807) is 0 Å². The van der Waals surface area contributed by atoms with Crippen LogP contribution in [0.3, 0.4) is 0 Å². The number of hydrogen-bond donors (Lipinski definition) is 2. The number of nitrogens with one attached hydrogen (secondary N) is 1. The lowest BCUT2D eigenvalue weighted by Gasteiger charge is -2.08. The maximum Gasteiger partial charge on any atom is 0.263 e. The molecule has 10 heteroatoms. The fourth-order valence-electron chi connectivity index (χ4n) is 1.30. The number of nitrogens with zero attached hydrogens (tertiary/aromatic N) is 2. The molecular formula is C10H6Cl2FN3O3S. The second-order valence-electron chi connectivity index (χ2n) is 3.61. The first-order chi connectivity index (χ1) is 9.28. The zero-order chi connectivity index (χ0) is 14.9. The Balaban J connectivity index is 2.40. The third-order valence-corrected chi connectivity index (χ3v) is 3.84. The second-order valence-corrected chi connectivity index (χ2v) is 6.12. The summed E-state index contributed by atoms with van der Waals surface area (Å²) < 4.78 is 39.1. The van der Waals surface area contributed by atoms with Crippen LogP contribution in [-0.2, 0) is 10.0 Å². The van der Waals surface area contributed by atoms with Crippen LogP contribution in [0.4, 0.5) is 10.2 Å². The summed E-state index contributed by atoms with van der Waals surface area (Å²) in [4.78, 5) is -0.418. The highest BCUT2D eigenvalue weighted by Crippen LogP contribution is 2.25. The van der Waals surface area contributed by atoms with Crippen molar-refractivity contribution in [2.75, 3.05) is 4.72 Å². The summed E-state index contributed by atoms with van der Waals surface area (Å²) in [6.45, 7) is 0. The van der Waals surface area contributed by atoms with Crippen molar-refractivity contribution in [3.63, 3.8) is 0 Å². The Morgan fingerprint density at radius 1 is 1.15 bits per heavy atom. The van der Waals surface area contributed by atoms with Crippen molar-refractivity contribution in [2.45, 2.75) is 4.90 Å². The molecule has 0 unspecified atom stereocenters. The average Bonchev–Trinajstić information content (AvgIpc) is 2.31. The first-order valence-electron chi connectivity index (χ1n) is 4.99. The molecule has 0 aliphatic carbocycles. The summed E-state index contributed by atoms with van der Waals surface area (Å²) in [6, 6.07) is 3.78. The van der Waals surface area contributed by atoms with Crippen molar-refractivity contribution in [3.8, 4) is 5.75 Å². The van der Waals surface area contributed by atoms with E-state index in [1.165, 1.54) is 0 Å². The van der Waals surface area contributed by atoms with E-state index in [9.17, 15) is 17.9 Å². The molecule has 2 aromatic rings. The number of anilines is 1. The lowest BCUT2D eigenvalue weighted by Crippen LogP contribution is -2.14. The van der Waals surface area contributed by atoms with E-state index in [1.807, 2.05) is 4.72 Å². The SMILES string of the molecule is O=S(=O)(Nc1nnc(Cl)cc1O)c1cc(F)cc(Cl)c1. The quantitative estimate of drug-likeness (QED) is 0.897. The molecule has 0 saturated carbocycles. The van der Waals surface area contributed by atoms with Gasteiger partial charge < -0.3 is 5.11 Å². The maximum atomic E-state index is 13.2. The van der Waals surface area contributed by atoms with Gasteiger partial charge in [0.1, 0.15) is 5.82 Å². The van der Waals surface area contributed by atoms with Gasteiger partial charge in [0.05, 0.1) is 4.90 Å². The van der Waals surface area contributed by atoms with E-state index in [0.29, 0.717) is 0 Å². The first-order valence-corrected chi connectivity index (χ1v) is 7.23. The number of sulfonamides is 1. The van der Waals surface area contributed by atoms with Gasteiger partial charge in [-0.25, -0.2) is 12.8 Å². The lowest BCUT2D eigenvalue weighted by molar-refractivity contribution is 0.473. The van der Waals surface area contributed by atoms with Gasteiger partial charge in [-0.1, -0.05) is 23.2 Å². The maximum absolute atomic E-state index is 13.2. The lowest BCUT2D eigenvalue weighted by atomic mass is 10.3. The summed E-state index contributed by atoms with van der Waals surface area (Å²) in [5.41, 5.74) is 0. The number of aromatic nitrogens is 2. The van der Waals surface area contributed by atoms with Crippen molar-refractivity contribution >= 4 is 39.0 Å². The minimum absolute atomic E-state index is 0.0863. The normalized spacial score (nSPS) is 11.3. The van der Waals surface area contributed by atoms with Crippen LogP contribution in [0.15, 0.2) is 29.2 Å². The monoisotopic (exact) mass is 337 g/mol. The standard InChI is InChI=1S/C10H6Cl2FN3O3S/c11-5-1-6(13)3-7(2-5)20(18,19)16-10-8(17)4-9(12)14-15-10/h1-4H,(H,14,17)(H,15,16). The van der Waals surface area contributed by atoms with Crippen LogP contribution in [0.2, 0.25) is 10.2 Å². The van der Waals surface area contributed by atoms with Gasteiger partial charge in [-0.2, -0.15) is 0 Å². The molecule has 1 aromatic carbocycles. The van der Waals surface area contributed by atoms with Gasteiger partial charge in [-0.05, 0) is 18.2 Å². The molecule has 6 nitrogen and oxygen atoms in total. The third kappa shape index (κ3) is 3.27. The predicted octanol–water partition coefficient (Wildman–Crippen LogP) is 2.43. The summed E-state index contributed by atoms with van der Waals surface area (Å²) in [5, 5.41) is 16.1. The molecule has 0 saturated heterocycles. The molecule has 2 rings (SSSR count). The van der Waals surface area contributed by atoms with Gasteiger partial charge >= 0.3 is 0 Å². The molecule has 1 aromatic heterocycles. The van der Waals surface area contributed by atoms with E-state index in [2.05, 4.69) is 10.2 Å². The molecule has 106 valence electrons. The summed E-state index contributed by atoms with van der Waals surface area (Å²) in [5.74, 6) is -1.77. The van der Waals surface area contributed by atoms with Crippen LogP contribution in [-0.4, -0.2) is 23.7 Å². The zero-order valence-electron chi connectivity index (χ0n) is 9.51. The molecular weight excluding hydrogens is 332 g/mol. The molecule has 1 heterocycles. The Morgan fingerprint density at radius 2 is 1.85 bits per heavy atom. The van der Waals surface area contributed by atoms with Crippen LogP contribution in [0.1, 0.15) is 0 Å². The van der Waals surface area contributed by atoms with E-state index < -0.39 is 32.3 Å². The highest BCUT2D eigenvalue weighted by Gasteiger charge is 2.19. The molecule has 0 aliphatic heterocycles. The van der Waals surface area contributed by atoms with Crippen molar-refractivity contribution in [2.24, 2.45) is 0 Å². The summed E-state index contributed by atoms with van der Waals surface area (Å²) >= 11 is 11.1. The fraction of sp³-hybridized carbons (Fsp3) is 0. The van der Waals surface area contributed by atoms with Crippen LogP contribution in [0.5, 0.6) is 5.75 Å². The Bertz CT molecular complexity index is 750. The highest BCUT2D eigenvalue weighted by molar-refractivity contribution is 7.92. The first kappa shape index (κ1) is 14.8. The van der Waals surface area contributed by atoms with Gasteiger partial charge in [0, 0.05) is 11.1 Å². The number of aromatic hydroxyl groups is 1. The van der Waals surface area contributed by atoms with Crippen molar-refractivity contribution < 1.29 is 17.9 Å². The van der Waals surface area contributed by atoms with E-state index in [4.69, 9.17) is 23.2 Å². The largest absolute Gasteiger partial charge is 0.504 e. The Morgan fingerprint density at radius 3 is 2.45 bits per heavy atom. The van der Waals surface area contributed by atoms with Crippen LogP contribution in [0.25, 0.3) is 0 Å². The van der Waals surface area contributed by atoms with Crippen LogP contribution < -0.4 is 4.72 Å². The van der Waals surface area contributed by atoms with E-state index in [-0.39, 0.29) is 10.2 Å². The van der Waals surface area contributed by atoms with Crippen LogP contribution in [0, 0.1) is 5.82 Å². The Hall–Kier alpha value is -1.64. The number of hydrogen-bond acceptors (Lipinski definition) is 5. The molecule has 0 fully saturated rings. The average molecular weight is 338 g/mol. The molecule has 20 heavy (non-hydrogen) atoms.